The van der Waals surface area contributed by atoms with Crippen molar-refractivity contribution in [2.24, 2.45) is 0 Å². The van der Waals surface area contributed by atoms with Crippen LogP contribution in [0.15, 0.2) is 18.2 Å². The maximum Gasteiger partial charge on any atom is 0.409 e. The van der Waals surface area contributed by atoms with Gasteiger partial charge in [0, 0.05) is 7.05 Å². The first-order chi connectivity index (χ1) is 9.49. The summed E-state index contributed by atoms with van der Waals surface area (Å²) in [6, 6.07) is 5.46. The van der Waals surface area contributed by atoms with E-state index in [-0.39, 0.29) is 6.04 Å². The molecule has 3 rings (SSSR count). The van der Waals surface area contributed by atoms with Gasteiger partial charge in [0.15, 0.2) is 5.82 Å². The van der Waals surface area contributed by atoms with Gasteiger partial charge in [0.1, 0.15) is 5.82 Å². The highest BCUT2D eigenvalue weighted by atomic mass is 16.4. The number of benzene rings is 1. The number of carbonyl (C=O) groups is 1. The summed E-state index contributed by atoms with van der Waals surface area (Å²) in [4.78, 5) is 17.4. The minimum atomic E-state index is -1.08. The second-order valence-electron chi connectivity index (χ2n) is 4.82. The third-order valence-corrected chi connectivity index (χ3v) is 3.53. The van der Waals surface area contributed by atoms with Crippen molar-refractivity contribution in [2.75, 3.05) is 17.3 Å². The van der Waals surface area contributed by atoms with Gasteiger partial charge in [-0.3, -0.25) is 5.32 Å². The zero-order valence-electron chi connectivity index (χ0n) is 11.5. The Bertz CT molecular complexity index is 694. The number of carboxylic acid groups (broad SMARTS) is 1. The number of hydrogen-bond donors (Lipinski definition) is 2. The van der Waals surface area contributed by atoms with Crippen LogP contribution in [0.1, 0.15) is 24.6 Å². The highest BCUT2D eigenvalue weighted by Gasteiger charge is 2.30. The van der Waals surface area contributed by atoms with Crippen molar-refractivity contribution in [1.82, 2.24) is 14.8 Å². The van der Waals surface area contributed by atoms with Gasteiger partial charge in [-0.25, -0.2) is 14.5 Å². The standard InChI is InChI=1S/C13H15N5O2/c1-7-12-14-8(2)16-18(12)10-6-4-5-9(15-13(19)20)11(10)17(7)3/h4-7,15H,1-3H3,(H,19,20). The average Bonchev–Trinajstić information content (AvgIpc) is 2.77. The van der Waals surface area contributed by atoms with Crippen LogP contribution in [0.25, 0.3) is 5.69 Å². The van der Waals surface area contributed by atoms with Gasteiger partial charge < -0.3 is 10.0 Å². The molecule has 20 heavy (non-hydrogen) atoms. The normalized spacial score (nSPS) is 16.6. The molecule has 104 valence electrons. The van der Waals surface area contributed by atoms with Crippen LogP contribution in [-0.4, -0.2) is 33.0 Å². The number of rotatable bonds is 1. The summed E-state index contributed by atoms with van der Waals surface area (Å²) >= 11 is 0. The van der Waals surface area contributed by atoms with E-state index in [4.69, 9.17) is 5.11 Å². The van der Waals surface area contributed by atoms with E-state index in [2.05, 4.69) is 15.4 Å². The number of anilines is 2. The smallest absolute Gasteiger partial charge is 0.409 e. The van der Waals surface area contributed by atoms with Crippen molar-refractivity contribution in [3.8, 4) is 5.69 Å². The van der Waals surface area contributed by atoms with Crippen LogP contribution in [0, 0.1) is 6.92 Å². The molecule has 0 fully saturated rings. The summed E-state index contributed by atoms with van der Waals surface area (Å²) in [7, 11) is 1.92. The number of nitrogens with one attached hydrogen (secondary N) is 1. The summed E-state index contributed by atoms with van der Waals surface area (Å²) in [5, 5.41) is 15.8. The van der Waals surface area contributed by atoms with Crippen LogP contribution in [0.3, 0.4) is 0 Å². The molecule has 0 radical (unpaired) electrons. The first kappa shape index (κ1) is 12.5. The summed E-state index contributed by atoms with van der Waals surface area (Å²) < 4.78 is 1.78. The number of hydrogen-bond acceptors (Lipinski definition) is 4. The quantitative estimate of drug-likeness (QED) is 0.832. The lowest BCUT2D eigenvalue weighted by atomic mass is 10.1. The van der Waals surface area contributed by atoms with E-state index >= 15 is 0 Å². The Hall–Kier alpha value is -2.57. The molecule has 1 atom stereocenters. The Balaban J connectivity index is 2.24. The Morgan fingerprint density at radius 2 is 2.20 bits per heavy atom. The molecule has 1 aliphatic heterocycles. The Kier molecular flexibility index (Phi) is 2.63. The highest BCUT2D eigenvalue weighted by molar-refractivity contribution is 5.91. The molecule has 0 aliphatic carbocycles. The number of nitrogens with zero attached hydrogens (tertiary/aromatic N) is 4. The van der Waals surface area contributed by atoms with E-state index in [0.29, 0.717) is 11.5 Å². The van der Waals surface area contributed by atoms with E-state index < -0.39 is 6.09 Å². The predicted octanol–water partition coefficient (Wildman–Crippen LogP) is 2.18. The predicted molar refractivity (Wildman–Crippen MR) is 74.6 cm³/mol. The molecule has 2 heterocycles. The van der Waals surface area contributed by atoms with Crippen molar-refractivity contribution >= 4 is 17.5 Å². The van der Waals surface area contributed by atoms with Crippen molar-refractivity contribution < 1.29 is 9.90 Å². The van der Waals surface area contributed by atoms with Gasteiger partial charge in [0.05, 0.1) is 23.1 Å². The van der Waals surface area contributed by atoms with Crippen LogP contribution in [0.2, 0.25) is 0 Å². The number of aromatic nitrogens is 3. The zero-order chi connectivity index (χ0) is 14.4. The fourth-order valence-corrected chi connectivity index (χ4v) is 2.53. The lowest BCUT2D eigenvalue weighted by molar-refractivity contribution is 0.210. The highest BCUT2D eigenvalue weighted by Crippen LogP contribution is 2.40. The van der Waals surface area contributed by atoms with Gasteiger partial charge in [-0.1, -0.05) is 6.07 Å². The van der Waals surface area contributed by atoms with Crippen molar-refractivity contribution in [1.29, 1.82) is 0 Å². The maximum atomic E-state index is 10.9. The lowest BCUT2D eigenvalue weighted by Crippen LogP contribution is -2.31. The summed E-state index contributed by atoms with van der Waals surface area (Å²) in [5.41, 5.74) is 2.18. The second kappa shape index (κ2) is 4.22. The molecule has 0 spiro atoms. The molecule has 2 N–H and O–H groups in total. The Morgan fingerprint density at radius 1 is 1.45 bits per heavy atom. The SMILES string of the molecule is Cc1nc2n(n1)-c1cccc(NC(=O)O)c1N(C)C2C. The third-order valence-electron chi connectivity index (χ3n) is 3.53. The van der Waals surface area contributed by atoms with Crippen LogP contribution >= 0.6 is 0 Å². The van der Waals surface area contributed by atoms with Crippen LogP contribution < -0.4 is 10.2 Å². The third kappa shape index (κ3) is 1.70. The monoisotopic (exact) mass is 273 g/mol. The molecule has 7 nitrogen and oxygen atoms in total. The molecule has 1 unspecified atom stereocenters. The van der Waals surface area contributed by atoms with Crippen LogP contribution in [0.4, 0.5) is 16.2 Å². The van der Waals surface area contributed by atoms with Crippen LogP contribution in [-0.2, 0) is 0 Å². The van der Waals surface area contributed by atoms with Gasteiger partial charge in [0.2, 0.25) is 0 Å². The van der Waals surface area contributed by atoms with Crippen molar-refractivity contribution in [3.63, 3.8) is 0 Å². The second-order valence-corrected chi connectivity index (χ2v) is 4.82. The molecule has 0 saturated heterocycles. The molecule has 1 aliphatic rings. The molecule has 1 aromatic carbocycles. The summed E-state index contributed by atoms with van der Waals surface area (Å²) in [6.45, 7) is 3.86. The Morgan fingerprint density at radius 3 is 2.90 bits per heavy atom. The molecule has 7 heteroatoms. The maximum absolute atomic E-state index is 10.9. The van der Waals surface area contributed by atoms with Gasteiger partial charge >= 0.3 is 6.09 Å². The average molecular weight is 273 g/mol. The molecule has 1 amide bonds. The topological polar surface area (TPSA) is 83.3 Å². The van der Waals surface area contributed by atoms with E-state index in [0.717, 1.165) is 17.2 Å². The summed E-state index contributed by atoms with van der Waals surface area (Å²) in [5.74, 6) is 1.55. The number of amides is 1. The number of aryl methyl sites for hydroxylation is 1. The van der Waals surface area contributed by atoms with Gasteiger partial charge in [-0.05, 0) is 26.0 Å². The Labute approximate surface area is 115 Å². The van der Waals surface area contributed by atoms with Crippen molar-refractivity contribution in [3.05, 3.63) is 29.8 Å². The van der Waals surface area contributed by atoms with E-state index in [1.807, 2.05) is 31.9 Å². The number of fused-ring (bicyclic) bond motifs is 3. The molecule has 0 saturated carbocycles. The van der Waals surface area contributed by atoms with Crippen molar-refractivity contribution in [2.45, 2.75) is 19.9 Å². The van der Waals surface area contributed by atoms with Gasteiger partial charge in [-0.2, -0.15) is 5.10 Å². The zero-order valence-corrected chi connectivity index (χ0v) is 11.5. The van der Waals surface area contributed by atoms with E-state index in [1.165, 1.54) is 0 Å². The fraction of sp³-hybridized carbons (Fsp3) is 0.308. The first-order valence-electron chi connectivity index (χ1n) is 6.28. The molecule has 1 aromatic heterocycles. The molecular formula is C13H15N5O2. The largest absolute Gasteiger partial charge is 0.465 e. The van der Waals surface area contributed by atoms with Gasteiger partial charge in [-0.15, -0.1) is 0 Å². The van der Waals surface area contributed by atoms with Crippen LogP contribution in [0.5, 0.6) is 0 Å². The van der Waals surface area contributed by atoms with E-state index in [1.54, 1.807) is 16.8 Å². The molecular weight excluding hydrogens is 258 g/mol. The molecule has 2 aromatic rings. The van der Waals surface area contributed by atoms with E-state index in [9.17, 15) is 4.79 Å². The molecule has 0 bridgehead atoms. The minimum Gasteiger partial charge on any atom is -0.465 e. The first-order valence-corrected chi connectivity index (χ1v) is 6.28. The minimum absolute atomic E-state index is 0.0143. The summed E-state index contributed by atoms with van der Waals surface area (Å²) in [6.07, 6.45) is -1.08. The fourth-order valence-electron chi connectivity index (χ4n) is 2.53. The number of para-hydroxylation sites is 1. The lowest BCUT2D eigenvalue weighted by Gasteiger charge is -2.34. The van der Waals surface area contributed by atoms with Gasteiger partial charge in [0.25, 0.3) is 0 Å².